The van der Waals surface area contributed by atoms with Crippen molar-refractivity contribution in [2.45, 2.75) is 117 Å². The number of hydrogen-bond donors (Lipinski definition) is 0. The molecule has 1 aromatic rings. The molecule has 0 amide bonds. The molecule has 0 unspecified atom stereocenters. The standard InChI is InChI=1S/C28H48NO4.HI/c1-4-6-8-10-12-14-16-18-20-32-27(30)25-22-26(24-29(3)23-25)28(31)33-21-19-17-15-13-11-9-7-5-2;/h22-24H,4-21H2,1-3H3;1H/q+1;/p-1. The molecular formula is C28H48INO4. The van der Waals surface area contributed by atoms with Gasteiger partial charge in [0, 0.05) is 0 Å². The van der Waals surface area contributed by atoms with E-state index in [1.54, 1.807) is 30.1 Å². The molecule has 0 bridgehead atoms. The smallest absolute Gasteiger partial charge is 0.344 e. The fraction of sp³-hybridized carbons (Fsp3) is 0.750. The van der Waals surface area contributed by atoms with Crippen LogP contribution in [0.25, 0.3) is 0 Å². The molecule has 0 saturated heterocycles. The van der Waals surface area contributed by atoms with Crippen LogP contribution in [-0.2, 0) is 16.5 Å². The first kappa shape index (κ1) is 32.8. The minimum Gasteiger partial charge on any atom is -1.00 e. The lowest BCUT2D eigenvalue weighted by Gasteiger charge is -2.07. The van der Waals surface area contributed by atoms with Crippen molar-refractivity contribution < 1.29 is 47.6 Å². The molecule has 0 atom stereocenters. The fourth-order valence-electron chi connectivity index (χ4n) is 3.91. The van der Waals surface area contributed by atoms with E-state index >= 15 is 0 Å². The molecule has 6 heteroatoms. The van der Waals surface area contributed by atoms with Crippen molar-refractivity contribution in [3.05, 3.63) is 29.6 Å². The Hall–Kier alpha value is -1.18. The molecule has 1 heterocycles. The summed E-state index contributed by atoms with van der Waals surface area (Å²) in [7, 11) is 1.80. The summed E-state index contributed by atoms with van der Waals surface area (Å²) in [4.78, 5) is 24.8. The van der Waals surface area contributed by atoms with Gasteiger partial charge in [-0.3, -0.25) is 0 Å². The van der Waals surface area contributed by atoms with Gasteiger partial charge in [0.25, 0.3) is 0 Å². The maximum Gasteiger partial charge on any atom is 0.344 e. The molecule has 0 fully saturated rings. The monoisotopic (exact) mass is 589 g/mol. The van der Waals surface area contributed by atoms with Gasteiger partial charge in [-0.15, -0.1) is 0 Å². The van der Waals surface area contributed by atoms with Crippen molar-refractivity contribution in [2.24, 2.45) is 7.05 Å². The summed E-state index contributed by atoms with van der Waals surface area (Å²) in [5, 5.41) is 0. The molecule has 196 valence electrons. The van der Waals surface area contributed by atoms with Gasteiger partial charge >= 0.3 is 11.9 Å². The molecule has 5 nitrogen and oxygen atoms in total. The van der Waals surface area contributed by atoms with Crippen LogP contribution in [0, 0.1) is 0 Å². The predicted octanol–water partition coefficient (Wildman–Crippen LogP) is 4.11. The minimum absolute atomic E-state index is 0. The zero-order valence-corrected chi connectivity index (χ0v) is 24.1. The second-order valence-electron chi connectivity index (χ2n) is 9.20. The molecular weight excluding hydrogens is 541 g/mol. The van der Waals surface area contributed by atoms with Gasteiger partial charge in [0.2, 0.25) is 0 Å². The Labute approximate surface area is 225 Å². The Morgan fingerprint density at radius 2 is 0.941 bits per heavy atom. The van der Waals surface area contributed by atoms with Crippen LogP contribution in [0.5, 0.6) is 0 Å². The van der Waals surface area contributed by atoms with Gasteiger partial charge in [0.05, 0.1) is 13.2 Å². The molecule has 0 saturated carbocycles. The molecule has 0 aliphatic rings. The highest BCUT2D eigenvalue weighted by atomic mass is 127. The summed E-state index contributed by atoms with van der Waals surface area (Å²) in [5.74, 6) is -0.766. The van der Waals surface area contributed by atoms with Crippen LogP contribution in [0.2, 0.25) is 0 Å². The highest BCUT2D eigenvalue weighted by Crippen LogP contribution is 2.11. The quantitative estimate of drug-likeness (QED) is 0.0995. The molecule has 1 rings (SSSR count). The third-order valence-electron chi connectivity index (χ3n) is 5.93. The van der Waals surface area contributed by atoms with Crippen LogP contribution in [0.1, 0.15) is 137 Å². The fourth-order valence-corrected chi connectivity index (χ4v) is 3.91. The lowest BCUT2D eigenvalue weighted by atomic mass is 10.1. The Balaban J connectivity index is 0.0000109. The number of nitrogens with zero attached hydrogens (tertiary/aromatic N) is 1. The number of ether oxygens (including phenoxy) is 2. The van der Waals surface area contributed by atoms with Gasteiger partial charge in [-0.05, 0) is 18.9 Å². The summed E-state index contributed by atoms with van der Waals surface area (Å²) in [6.07, 6.45) is 22.6. The largest absolute Gasteiger partial charge is 1.00 e. The van der Waals surface area contributed by atoms with E-state index in [2.05, 4.69) is 13.8 Å². The van der Waals surface area contributed by atoms with E-state index in [0.717, 1.165) is 25.7 Å². The SMILES string of the molecule is CCCCCCCCCCOC(=O)c1cc(C(=O)OCCCCCCCCCC)c[n+](C)c1.[I-]. The number of unbranched alkanes of at least 4 members (excludes halogenated alkanes) is 14. The zero-order valence-electron chi connectivity index (χ0n) is 21.9. The maximum absolute atomic E-state index is 12.4. The molecule has 1 aromatic heterocycles. The molecule has 34 heavy (non-hydrogen) atoms. The number of halogens is 1. The first-order chi connectivity index (χ1) is 16.1. The molecule has 0 spiro atoms. The Kier molecular flexibility index (Phi) is 21.5. The lowest BCUT2D eigenvalue weighted by Crippen LogP contribution is -3.00. The number of carbonyl (C=O) groups is 2. The zero-order chi connectivity index (χ0) is 24.2. The van der Waals surface area contributed by atoms with Gasteiger partial charge in [0.15, 0.2) is 12.4 Å². The topological polar surface area (TPSA) is 56.5 Å². The second-order valence-corrected chi connectivity index (χ2v) is 9.20. The van der Waals surface area contributed by atoms with Gasteiger partial charge in [0.1, 0.15) is 18.2 Å². The third kappa shape index (κ3) is 16.4. The first-order valence-corrected chi connectivity index (χ1v) is 13.4. The summed E-state index contributed by atoms with van der Waals surface area (Å²) in [5.41, 5.74) is 0.775. The highest BCUT2D eigenvalue weighted by Gasteiger charge is 2.18. The number of aromatic nitrogens is 1. The molecule has 0 N–H and O–H groups in total. The average molecular weight is 590 g/mol. The Morgan fingerprint density at radius 3 is 1.29 bits per heavy atom. The van der Waals surface area contributed by atoms with Gasteiger partial charge in [-0.25, -0.2) is 14.2 Å². The van der Waals surface area contributed by atoms with E-state index in [0.29, 0.717) is 24.3 Å². The summed E-state index contributed by atoms with van der Waals surface area (Å²) in [6.45, 7) is 5.30. The van der Waals surface area contributed by atoms with E-state index in [1.165, 1.54) is 77.0 Å². The van der Waals surface area contributed by atoms with E-state index < -0.39 is 0 Å². The molecule has 0 aromatic carbocycles. The van der Waals surface area contributed by atoms with Crippen molar-refractivity contribution in [3.8, 4) is 0 Å². The Bertz CT molecular complexity index is 614. The predicted molar refractivity (Wildman–Crippen MR) is 133 cm³/mol. The Morgan fingerprint density at radius 1 is 0.618 bits per heavy atom. The van der Waals surface area contributed by atoms with Crippen LogP contribution in [0.3, 0.4) is 0 Å². The van der Waals surface area contributed by atoms with E-state index in [-0.39, 0.29) is 35.9 Å². The van der Waals surface area contributed by atoms with Crippen molar-refractivity contribution in [1.82, 2.24) is 0 Å². The van der Waals surface area contributed by atoms with Gasteiger partial charge < -0.3 is 33.5 Å². The number of pyridine rings is 1. The van der Waals surface area contributed by atoms with Crippen molar-refractivity contribution in [1.29, 1.82) is 0 Å². The number of hydrogen-bond acceptors (Lipinski definition) is 4. The summed E-state index contributed by atoms with van der Waals surface area (Å²) >= 11 is 0. The van der Waals surface area contributed by atoms with Crippen LogP contribution >= 0.6 is 0 Å². The average Bonchev–Trinajstić information content (AvgIpc) is 2.81. The van der Waals surface area contributed by atoms with Crippen LogP contribution < -0.4 is 28.5 Å². The van der Waals surface area contributed by atoms with E-state index in [4.69, 9.17) is 9.47 Å². The van der Waals surface area contributed by atoms with Gasteiger partial charge in [-0.2, -0.15) is 0 Å². The summed E-state index contributed by atoms with van der Waals surface area (Å²) < 4.78 is 12.5. The molecule has 0 radical (unpaired) electrons. The number of rotatable bonds is 20. The van der Waals surface area contributed by atoms with Crippen molar-refractivity contribution in [2.75, 3.05) is 13.2 Å². The maximum atomic E-state index is 12.4. The van der Waals surface area contributed by atoms with Gasteiger partial charge in [-0.1, -0.05) is 104 Å². The minimum atomic E-state index is -0.383. The highest BCUT2D eigenvalue weighted by molar-refractivity contribution is 5.94. The number of aryl methyl sites for hydroxylation is 1. The molecule has 0 aliphatic heterocycles. The number of esters is 2. The number of carbonyl (C=O) groups excluding carboxylic acids is 2. The third-order valence-corrected chi connectivity index (χ3v) is 5.93. The second kappa shape index (κ2) is 22.3. The van der Waals surface area contributed by atoms with Crippen molar-refractivity contribution >= 4 is 11.9 Å². The van der Waals surface area contributed by atoms with Crippen LogP contribution in [0.4, 0.5) is 0 Å². The normalized spacial score (nSPS) is 10.6. The van der Waals surface area contributed by atoms with Crippen LogP contribution in [0.15, 0.2) is 18.5 Å². The first-order valence-electron chi connectivity index (χ1n) is 13.4. The lowest BCUT2D eigenvalue weighted by molar-refractivity contribution is -0.671. The van der Waals surface area contributed by atoms with Crippen molar-refractivity contribution in [3.63, 3.8) is 0 Å². The van der Waals surface area contributed by atoms with E-state index in [9.17, 15) is 9.59 Å². The van der Waals surface area contributed by atoms with E-state index in [1.807, 2.05) is 0 Å². The van der Waals surface area contributed by atoms with Crippen LogP contribution in [-0.4, -0.2) is 25.2 Å². The molecule has 0 aliphatic carbocycles. The summed E-state index contributed by atoms with van der Waals surface area (Å²) in [6, 6.07) is 1.58.